The fourth-order valence-corrected chi connectivity index (χ4v) is 2.30. The number of carbonyl (C=O) groups excluding carboxylic acids is 1. The number of non-ortho nitro benzene ring substituents is 1. The van der Waals surface area contributed by atoms with E-state index in [-0.39, 0.29) is 23.7 Å². The summed E-state index contributed by atoms with van der Waals surface area (Å²) in [6.45, 7) is -0.353. The molecule has 0 aliphatic rings. The van der Waals surface area contributed by atoms with Gasteiger partial charge in [0.1, 0.15) is 12.3 Å². The smallest absolute Gasteiger partial charge is 0.273 e. The van der Waals surface area contributed by atoms with Gasteiger partial charge in [-0.05, 0) is 18.2 Å². The SMILES string of the molecule is COc1cc([N+](=O)[O-])ccc1NC(=O)Cn1nc(-n2cccn2)ccc1=O. The van der Waals surface area contributed by atoms with Crippen LogP contribution in [-0.4, -0.2) is 37.5 Å². The first-order valence-corrected chi connectivity index (χ1v) is 7.68. The van der Waals surface area contributed by atoms with Gasteiger partial charge in [0.2, 0.25) is 5.91 Å². The van der Waals surface area contributed by atoms with Gasteiger partial charge in [-0.15, -0.1) is 5.10 Å². The van der Waals surface area contributed by atoms with Gasteiger partial charge in [0, 0.05) is 24.5 Å². The number of anilines is 1. The van der Waals surface area contributed by atoms with Gasteiger partial charge in [-0.25, -0.2) is 9.36 Å². The van der Waals surface area contributed by atoms with Gasteiger partial charge in [-0.3, -0.25) is 19.7 Å². The second-order valence-electron chi connectivity index (χ2n) is 5.33. The van der Waals surface area contributed by atoms with E-state index in [1.165, 1.54) is 42.1 Å². The number of nitro benzene ring substituents is 1. The Hall–Kier alpha value is -4.02. The zero-order chi connectivity index (χ0) is 19.4. The Morgan fingerprint density at radius 1 is 1.33 bits per heavy atom. The van der Waals surface area contributed by atoms with Gasteiger partial charge < -0.3 is 10.1 Å². The summed E-state index contributed by atoms with van der Waals surface area (Å²) in [5, 5.41) is 21.5. The Kier molecular flexibility index (Phi) is 4.92. The van der Waals surface area contributed by atoms with E-state index in [1.54, 1.807) is 18.5 Å². The van der Waals surface area contributed by atoms with Crippen molar-refractivity contribution in [2.75, 3.05) is 12.4 Å². The van der Waals surface area contributed by atoms with Gasteiger partial charge in [-0.1, -0.05) is 0 Å². The van der Waals surface area contributed by atoms with E-state index < -0.39 is 16.4 Å². The molecule has 11 nitrogen and oxygen atoms in total. The summed E-state index contributed by atoms with van der Waals surface area (Å²) in [7, 11) is 1.33. The normalized spacial score (nSPS) is 10.4. The number of nitro groups is 1. The highest BCUT2D eigenvalue weighted by atomic mass is 16.6. The van der Waals surface area contributed by atoms with Crippen molar-refractivity contribution in [3.8, 4) is 11.6 Å². The molecule has 0 atom stereocenters. The van der Waals surface area contributed by atoms with Crippen molar-refractivity contribution in [1.82, 2.24) is 19.6 Å². The fourth-order valence-electron chi connectivity index (χ4n) is 2.30. The van der Waals surface area contributed by atoms with E-state index in [1.807, 2.05) is 0 Å². The third-order valence-electron chi connectivity index (χ3n) is 3.56. The van der Waals surface area contributed by atoms with E-state index >= 15 is 0 Å². The first kappa shape index (κ1) is 17.8. The largest absolute Gasteiger partial charge is 0.494 e. The zero-order valence-electron chi connectivity index (χ0n) is 14.1. The van der Waals surface area contributed by atoms with E-state index in [0.717, 1.165) is 4.68 Å². The Morgan fingerprint density at radius 2 is 2.15 bits per heavy atom. The molecule has 0 spiro atoms. The molecule has 27 heavy (non-hydrogen) atoms. The topological polar surface area (TPSA) is 134 Å². The van der Waals surface area contributed by atoms with Crippen LogP contribution in [0.5, 0.6) is 5.75 Å². The Labute approximate surface area is 152 Å². The monoisotopic (exact) mass is 370 g/mol. The maximum atomic E-state index is 12.3. The second-order valence-corrected chi connectivity index (χ2v) is 5.33. The van der Waals surface area contributed by atoms with Crippen LogP contribution in [0.3, 0.4) is 0 Å². The number of hydrogen-bond acceptors (Lipinski definition) is 7. The summed E-state index contributed by atoms with van der Waals surface area (Å²) in [5.74, 6) is -0.0437. The summed E-state index contributed by atoms with van der Waals surface area (Å²) in [6.07, 6.45) is 3.21. The lowest BCUT2D eigenvalue weighted by atomic mass is 10.2. The number of aromatic nitrogens is 4. The van der Waals surface area contributed by atoms with Crippen molar-refractivity contribution in [1.29, 1.82) is 0 Å². The molecule has 3 rings (SSSR count). The standard InChI is InChI=1S/C16H14N6O5/c1-27-13-9-11(22(25)26)3-4-12(13)18-15(23)10-21-16(24)6-5-14(19-21)20-8-2-7-17-20/h2-9H,10H2,1H3,(H,18,23). The van der Waals surface area contributed by atoms with Gasteiger partial charge in [0.25, 0.3) is 11.2 Å². The molecule has 11 heteroatoms. The number of methoxy groups -OCH3 is 1. The maximum absolute atomic E-state index is 12.3. The minimum atomic E-state index is -0.571. The molecule has 1 amide bonds. The molecule has 0 fully saturated rings. The van der Waals surface area contributed by atoms with Crippen molar-refractivity contribution < 1.29 is 14.5 Å². The lowest BCUT2D eigenvalue weighted by Crippen LogP contribution is -2.30. The minimum Gasteiger partial charge on any atom is -0.494 e. The third-order valence-corrected chi connectivity index (χ3v) is 3.56. The van der Waals surface area contributed by atoms with Crippen molar-refractivity contribution in [2.45, 2.75) is 6.54 Å². The van der Waals surface area contributed by atoms with Crippen LogP contribution >= 0.6 is 0 Å². The van der Waals surface area contributed by atoms with E-state index in [9.17, 15) is 19.7 Å². The highest BCUT2D eigenvalue weighted by Crippen LogP contribution is 2.28. The molecule has 0 radical (unpaired) electrons. The second kappa shape index (κ2) is 7.47. The molecule has 3 aromatic rings. The fraction of sp³-hybridized carbons (Fsp3) is 0.125. The Bertz CT molecular complexity index is 1040. The minimum absolute atomic E-state index is 0.128. The predicted octanol–water partition coefficient (Wildman–Crippen LogP) is 0.984. The predicted molar refractivity (Wildman–Crippen MR) is 93.9 cm³/mol. The molecule has 0 unspecified atom stereocenters. The van der Waals surface area contributed by atoms with E-state index in [0.29, 0.717) is 5.82 Å². The molecule has 0 saturated carbocycles. The third kappa shape index (κ3) is 3.98. The first-order valence-electron chi connectivity index (χ1n) is 7.68. The lowest BCUT2D eigenvalue weighted by molar-refractivity contribution is -0.384. The molecule has 0 aliphatic heterocycles. The molecule has 1 aromatic carbocycles. The summed E-state index contributed by atoms with van der Waals surface area (Å²) in [6, 6.07) is 8.25. The van der Waals surface area contributed by atoms with Gasteiger partial charge >= 0.3 is 0 Å². The average Bonchev–Trinajstić information content (AvgIpc) is 3.18. The molecule has 0 bridgehead atoms. The number of rotatable bonds is 6. The Morgan fingerprint density at radius 3 is 2.81 bits per heavy atom. The van der Waals surface area contributed by atoms with Crippen LogP contribution in [0.4, 0.5) is 11.4 Å². The summed E-state index contributed by atoms with van der Waals surface area (Å²) >= 11 is 0. The van der Waals surface area contributed by atoms with Gasteiger partial charge in [0.15, 0.2) is 5.82 Å². The van der Waals surface area contributed by atoms with Crippen LogP contribution in [0.1, 0.15) is 0 Å². The quantitative estimate of drug-likeness (QED) is 0.505. The molecule has 0 saturated heterocycles. The molecular formula is C16H14N6O5. The Balaban J connectivity index is 1.79. The zero-order valence-corrected chi connectivity index (χ0v) is 14.1. The van der Waals surface area contributed by atoms with Crippen molar-refractivity contribution in [2.24, 2.45) is 0 Å². The van der Waals surface area contributed by atoms with E-state index in [2.05, 4.69) is 15.5 Å². The summed E-state index contributed by atoms with van der Waals surface area (Å²) in [4.78, 5) is 34.5. The number of benzene rings is 1. The van der Waals surface area contributed by atoms with Crippen LogP contribution in [0, 0.1) is 10.1 Å². The summed E-state index contributed by atoms with van der Waals surface area (Å²) in [5.41, 5.74) is -0.393. The maximum Gasteiger partial charge on any atom is 0.273 e. The first-order chi connectivity index (χ1) is 13.0. The van der Waals surface area contributed by atoms with E-state index in [4.69, 9.17) is 4.74 Å². The molecular weight excluding hydrogens is 356 g/mol. The molecule has 2 heterocycles. The molecule has 138 valence electrons. The van der Waals surface area contributed by atoms with Gasteiger partial charge in [-0.2, -0.15) is 5.10 Å². The number of nitrogens with zero attached hydrogens (tertiary/aromatic N) is 5. The number of amides is 1. The van der Waals surface area contributed by atoms with Gasteiger partial charge in [0.05, 0.1) is 23.8 Å². The van der Waals surface area contributed by atoms with Crippen LogP contribution < -0.4 is 15.6 Å². The highest BCUT2D eigenvalue weighted by Gasteiger charge is 2.14. The number of nitrogens with one attached hydrogen (secondary N) is 1. The van der Waals surface area contributed by atoms with Crippen LogP contribution in [-0.2, 0) is 11.3 Å². The highest BCUT2D eigenvalue weighted by molar-refractivity contribution is 5.92. The van der Waals surface area contributed by atoms with Crippen molar-refractivity contribution in [3.63, 3.8) is 0 Å². The van der Waals surface area contributed by atoms with Crippen molar-refractivity contribution >= 4 is 17.3 Å². The molecule has 2 aromatic heterocycles. The van der Waals surface area contributed by atoms with Crippen molar-refractivity contribution in [3.05, 3.63) is 69.3 Å². The van der Waals surface area contributed by atoms with Crippen LogP contribution in [0.25, 0.3) is 5.82 Å². The molecule has 0 aliphatic carbocycles. The van der Waals surface area contributed by atoms with Crippen LogP contribution in [0.2, 0.25) is 0 Å². The summed E-state index contributed by atoms with van der Waals surface area (Å²) < 4.78 is 7.51. The number of ether oxygens (including phenoxy) is 1. The molecule has 1 N–H and O–H groups in total. The number of hydrogen-bond donors (Lipinski definition) is 1. The number of carbonyl (C=O) groups is 1. The average molecular weight is 370 g/mol. The lowest BCUT2D eigenvalue weighted by Gasteiger charge is -2.11. The van der Waals surface area contributed by atoms with Crippen LogP contribution in [0.15, 0.2) is 53.6 Å².